The molecule has 3 N–H and O–H groups in total. The van der Waals surface area contributed by atoms with E-state index in [9.17, 15) is 20.1 Å². The Morgan fingerprint density at radius 1 is 0.767 bits per heavy atom. The predicted molar refractivity (Wildman–Crippen MR) is 176 cm³/mol. The Hall–Kier alpha value is -1.21. The van der Waals surface area contributed by atoms with Crippen molar-refractivity contribution in [1.29, 1.82) is 0 Å². The van der Waals surface area contributed by atoms with Gasteiger partial charge in [-0.15, -0.1) is 0 Å². The van der Waals surface area contributed by atoms with Crippen LogP contribution in [0.15, 0.2) is 23.8 Å². The summed E-state index contributed by atoms with van der Waals surface area (Å²) in [4.78, 5) is 11.7. The fourth-order valence-electron chi connectivity index (χ4n) is 6.43. The molecule has 0 aromatic carbocycles. The van der Waals surface area contributed by atoms with Crippen molar-refractivity contribution in [3.05, 3.63) is 23.8 Å². The van der Waals surface area contributed by atoms with E-state index in [-0.39, 0.29) is 24.3 Å². The zero-order chi connectivity index (χ0) is 31.1. The Bertz CT molecular complexity index is 764. The third-order valence-electron chi connectivity index (χ3n) is 9.26. The molecule has 0 unspecified atom stereocenters. The second-order valence-corrected chi connectivity index (χ2v) is 13.3. The number of carbonyl (C=O) groups excluding carboxylic acids is 1. The lowest BCUT2D eigenvalue weighted by molar-refractivity contribution is -0.139. The van der Waals surface area contributed by atoms with Gasteiger partial charge in [-0.25, -0.2) is 4.79 Å². The first-order valence-corrected chi connectivity index (χ1v) is 18.2. The molecule has 250 valence electrons. The van der Waals surface area contributed by atoms with Gasteiger partial charge in [0.05, 0.1) is 30.5 Å². The van der Waals surface area contributed by atoms with Gasteiger partial charge in [0.2, 0.25) is 0 Å². The van der Waals surface area contributed by atoms with Gasteiger partial charge in [-0.2, -0.15) is 0 Å². The number of cyclic esters (lactones) is 1. The SMILES string of the molecule is CCCCCCCCCCCC/C=C\CC[C@@H](O)[C@H](O)CC[C@H](O)[C@H]1CC[C@@H](CCCCCCCC2=C[C@H](C)OC2=O)O1. The molecule has 2 aliphatic heterocycles. The Morgan fingerprint density at radius 2 is 1.37 bits per heavy atom. The van der Waals surface area contributed by atoms with Crippen LogP contribution in [-0.2, 0) is 14.3 Å². The molecule has 6 nitrogen and oxygen atoms in total. The van der Waals surface area contributed by atoms with Crippen molar-refractivity contribution in [1.82, 2.24) is 0 Å². The average molecular weight is 607 g/mol. The van der Waals surface area contributed by atoms with E-state index in [1.807, 2.05) is 13.0 Å². The van der Waals surface area contributed by atoms with Gasteiger partial charge in [-0.1, -0.05) is 103 Å². The standard InChI is InChI=1S/C37H66O6/c1-3-4-5-6-7-8-9-10-11-12-13-14-18-21-24-33(38)34(39)26-27-35(40)36-28-25-32(43-36)23-20-17-15-16-19-22-31-29-30(2)42-37(31)41/h14,18,29-30,32-36,38-40H,3-13,15-17,19-28H2,1-2H3/b18-14-/t30-,32+,33+,34+,35-,36+/m0/s1. The van der Waals surface area contributed by atoms with Crippen LogP contribution in [0.5, 0.6) is 0 Å². The van der Waals surface area contributed by atoms with Crippen LogP contribution in [-0.4, -0.2) is 57.9 Å². The predicted octanol–water partition coefficient (Wildman–Crippen LogP) is 8.65. The molecule has 1 fully saturated rings. The van der Waals surface area contributed by atoms with E-state index in [0.29, 0.717) is 19.3 Å². The van der Waals surface area contributed by atoms with Crippen molar-refractivity contribution < 1.29 is 29.6 Å². The molecule has 0 amide bonds. The Balaban J connectivity index is 1.40. The molecular formula is C37H66O6. The van der Waals surface area contributed by atoms with Gasteiger partial charge in [0.15, 0.2) is 0 Å². The van der Waals surface area contributed by atoms with Crippen LogP contribution in [0.2, 0.25) is 0 Å². The second kappa shape index (κ2) is 24.1. The maximum absolute atomic E-state index is 11.7. The minimum atomic E-state index is -0.804. The van der Waals surface area contributed by atoms with Crippen molar-refractivity contribution in [3.8, 4) is 0 Å². The number of aliphatic hydroxyl groups is 3. The van der Waals surface area contributed by atoms with E-state index in [4.69, 9.17) is 9.47 Å². The monoisotopic (exact) mass is 606 g/mol. The van der Waals surface area contributed by atoms with E-state index < -0.39 is 18.3 Å². The molecule has 6 heteroatoms. The zero-order valence-electron chi connectivity index (χ0n) is 27.7. The molecule has 6 atom stereocenters. The largest absolute Gasteiger partial charge is 0.455 e. The summed E-state index contributed by atoms with van der Waals surface area (Å²) in [6.07, 6.45) is 30.2. The van der Waals surface area contributed by atoms with Crippen molar-refractivity contribution >= 4 is 5.97 Å². The minimum absolute atomic E-state index is 0.0748. The van der Waals surface area contributed by atoms with E-state index >= 15 is 0 Å². The molecule has 0 aliphatic carbocycles. The molecular weight excluding hydrogens is 540 g/mol. The summed E-state index contributed by atoms with van der Waals surface area (Å²) in [6.45, 7) is 4.16. The number of aliphatic hydroxyl groups excluding tert-OH is 3. The van der Waals surface area contributed by atoms with Gasteiger partial charge in [-0.3, -0.25) is 0 Å². The number of carbonyl (C=O) groups is 1. The zero-order valence-corrected chi connectivity index (χ0v) is 27.7. The van der Waals surface area contributed by atoms with Crippen molar-refractivity contribution in [2.75, 3.05) is 0 Å². The third kappa shape index (κ3) is 17.8. The first-order chi connectivity index (χ1) is 20.9. The van der Waals surface area contributed by atoms with Gasteiger partial charge in [0.25, 0.3) is 0 Å². The van der Waals surface area contributed by atoms with E-state index in [1.165, 1.54) is 64.2 Å². The summed E-state index contributed by atoms with van der Waals surface area (Å²) in [5, 5.41) is 31.4. The summed E-state index contributed by atoms with van der Waals surface area (Å²) in [5.41, 5.74) is 0.834. The number of rotatable bonds is 27. The van der Waals surface area contributed by atoms with Crippen molar-refractivity contribution in [3.63, 3.8) is 0 Å². The van der Waals surface area contributed by atoms with E-state index in [1.54, 1.807) is 0 Å². The number of esters is 1. The fourth-order valence-corrected chi connectivity index (χ4v) is 6.43. The normalized spacial score (nSPS) is 22.7. The lowest BCUT2D eigenvalue weighted by atomic mass is 9.98. The average Bonchev–Trinajstić information content (AvgIpc) is 3.60. The van der Waals surface area contributed by atoms with E-state index in [2.05, 4.69) is 19.1 Å². The Kier molecular flexibility index (Phi) is 21.3. The first-order valence-electron chi connectivity index (χ1n) is 18.2. The van der Waals surface area contributed by atoms with Crippen LogP contribution in [0.1, 0.15) is 168 Å². The van der Waals surface area contributed by atoms with Crippen molar-refractivity contribution in [2.45, 2.75) is 205 Å². The maximum Gasteiger partial charge on any atom is 0.334 e. The summed E-state index contributed by atoms with van der Waals surface area (Å²) >= 11 is 0. The summed E-state index contributed by atoms with van der Waals surface area (Å²) in [5.74, 6) is -0.147. The van der Waals surface area contributed by atoms with Gasteiger partial charge in [0, 0.05) is 5.57 Å². The van der Waals surface area contributed by atoms with Gasteiger partial charge >= 0.3 is 5.97 Å². The van der Waals surface area contributed by atoms with Crippen LogP contribution < -0.4 is 0 Å². The van der Waals surface area contributed by atoms with Crippen molar-refractivity contribution in [2.24, 2.45) is 0 Å². The summed E-state index contributed by atoms with van der Waals surface area (Å²) in [7, 11) is 0. The first kappa shape index (κ1) is 38.0. The highest BCUT2D eigenvalue weighted by Crippen LogP contribution is 2.28. The lowest BCUT2D eigenvalue weighted by Gasteiger charge is -2.22. The van der Waals surface area contributed by atoms with Crippen LogP contribution >= 0.6 is 0 Å². The molecule has 1 saturated heterocycles. The highest BCUT2D eigenvalue weighted by atomic mass is 16.5. The molecule has 43 heavy (non-hydrogen) atoms. The van der Waals surface area contributed by atoms with Gasteiger partial charge < -0.3 is 24.8 Å². The Morgan fingerprint density at radius 3 is 2.05 bits per heavy atom. The summed E-state index contributed by atoms with van der Waals surface area (Å²) < 4.78 is 11.3. The number of unbranched alkanes of at least 4 members (excludes halogenated alkanes) is 14. The van der Waals surface area contributed by atoms with Gasteiger partial charge in [-0.05, 0) is 83.6 Å². The fraction of sp³-hybridized carbons (Fsp3) is 0.865. The third-order valence-corrected chi connectivity index (χ3v) is 9.26. The van der Waals surface area contributed by atoms with Crippen LogP contribution in [0, 0.1) is 0 Å². The molecule has 2 aliphatic rings. The molecule has 0 aromatic rings. The molecule has 0 bridgehead atoms. The second-order valence-electron chi connectivity index (χ2n) is 13.3. The highest BCUT2D eigenvalue weighted by Gasteiger charge is 2.31. The number of hydrogen-bond donors (Lipinski definition) is 3. The molecule has 0 aromatic heterocycles. The van der Waals surface area contributed by atoms with Crippen LogP contribution in [0.25, 0.3) is 0 Å². The lowest BCUT2D eigenvalue weighted by Crippen LogP contribution is -2.31. The van der Waals surface area contributed by atoms with E-state index in [0.717, 1.165) is 76.2 Å². The Labute approximate surface area is 263 Å². The van der Waals surface area contributed by atoms with Crippen LogP contribution in [0.4, 0.5) is 0 Å². The number of hydrogen-bond acceptors (Lipinski definition) is 6. The molecule has 2 rings (SSSR count). The smallest absolute Gasteiger partial charge is 0.334 e. The van der Waals surface area contributed by atoms with Gasteiger partial charge in [0.1, 0.15) is 6.10 Å². The minimum Gasteiger partial charge on any atom is -0.455 e. The topological polar surface area (TPSA) is 96.2 Å². The maximum atomic E-state index is 11.7. The molecule has 0 spiro atoms. The highest BCUT2D eigenvalue weighted by molar-refractivity contribution is 5.90. The number of ether oxygens (including phenoxy) is 2. The molecule has 0 saturated carbocycles. The van der Waals surface area contributed by atoms with Crippen LogP contribution in [0.3, 0.4) is 0 Å². The summed E-state index contributed by atoms with van der Waals surface area (Å²) in [6, 6.07) is 0. The number of allylic oxidation sites excluding steroid dienone is 2. The molecule has 2 heterocycles. The molecule has 0 radical (unpaired) electrons. The quantitative estimate of drug-likeness (QED) is 0.0492.